The third-order valence-electron chi connectivity index (χ3n) is 4.05. The molecule has 4 nitrogen and oxygen atoms in total. The number of piperidine rings is 1. The highest BCUT2D eigenvalue weighted by molar-refractivity contribution is 5.38. The molecule has 1 aromatic rings. The Bertz CT molecular complexity index is 426. The Kier molecular flexibility index (Phi) is 5.40. The van der Waals surface area contributed by atoms with Crippen LogP contribution in [0.15, 0.2) is 18.2 Å². The van der Waals surface area contributed by atoms with Crippen molar-refractivity contribution in [3.8, 4) is 5.75 Å². The second-order valence-electron chi connectivity index (χ2n) is 5.46. The molecule has 1 N–H and O–H groups in total. The monoisotopic (exact) mass is 279 g/mol. The fourth-order valence-electron chi connectivity index (χ4n) is 2.73. The molecular formula is C16H25NO3. The van der Waals surface area contributed by atoms with Gasteiger partial charge in [-0.1, -0.05) is 6.07 Å². The maximum Gasteiger partial charge on any atom is 0.123 e. The van der Waals surface area contributed by atoms with E-state index in [4.69, 9.17) is 9.47 Å². The Morgan fingerprint density at radius 1 is 1.30 bits per heavy atom. The summed E-state index contributed by atoms with van der Waals surface area (Å²) in [4.78, 5) is 2.42. The maximum atomic E-state index is 9.71. The third kappa shape index (κ3) is 3.72. The highest BCUT2D eigenvalue weighted by Crippen LogP contribution is 2.26. The molecule has 1 aliphatic rings. The molecule has 1 unspecified atom stereocenters. The zero-order valence-electron chi connectivity index (χ0n) is 12.6. The summed E-state index contributed by atoms with van der Waals surface area (Å²) in [5.41, 5.74) is 2.08. The normalized spacial score (nSPS) is 19.0. The molecule has 1 aliphatic heterocycles. The first kappa shape index (κ1) is 15.3. The molecule has 0 radical (unpaired) electrons. The second kappa shape index (κ2) is 7.07. The summed E-state index contributed by atoms with van der Waals surface area (Å²) in [5, 5.41) is 9.71. The molecule has 1 saturated heterocycles. The van der Waals surface area contributed by atoms with Gasteiger partial charge in [-0.05, 0) is 37.5 Å². The lowest BCUT2D eigenvalue weighted by atomic mass is 10.0. The van der Waals surface area contributed by atoms with Crippen LogP contribution in [-0.4, -0.2) is 43.4 Å². The summed E-state index contributed by atoms with van der Waals surface area (Å²) in [6.07, 6.45) is 2.11. The zero-order valence-corrected chi connectivity index (χ0v) is 12.6. The first-order valence-corrected chi connectivity index (χ1v) is 7.24. The van der Waals surface area contributed by atoms with Crippen molar-refractivity contribution in [3.63, 3.8) is 0 Å². The summed E-state index contributed by atoms with van der Waals surface area (Å²) < 4.78 is 10.8. The summed E-state index contributed by atoms with van der Waals surface area (Å²) in [5.74, 6) is 0.892. The Labute approximate surface area is 121 Å². The first-order valence-electron chi connectivity index (χ1n) is 7.24. The average molecular weight is 279 g/mol. The molecular weight excluding hydrogens is 254 g/mol. The van der Waals surface area contributed by atoms with Crippen molar-refractivity contribution in [1.82, 2.24) is 4.90 Å². The van der Waals surface area contributed by atoms with Crippen molar-refractivity contribution in [2.75, 3.05) is 27.3 Å². The van der Waals surface area contributed by atoms with E-state index in [9.17, 15) is 5.11 Å². The molecule has 1 atom stereocenters. The van der Waals surface area contributed by atoms with Crippen molar-refractivity contribution in [2.45, 2.75) is 38.5 Å². The van der Waals surface area contributed by atoms with Crippen LogP contribution in [-0.2, 0) is 11.3 Å². The highest BCUT2D eigenvalue weighted by atomic mass is 16.5. The number of hydrogen-bond donors (Lipinski definition) is 1. The van der Waals surface area contributed by atoms with Gasteiger partial charge in [0, 0.05) is 32.3 Å². The first-order chi connectivity index (χ1) is 9.63. The van der Waals surface area contributed by atoms with Crippen molar-refractivity contribution in [3.05, 3.63) is 29.3 Å². The van der Waals surface area contributed by atoms with Crippen LogP contribution < -0.4 is 4.74 Å². The zero-order chi connectivity index (χ0) is 14.5. The fourth-order valence-corrected chi connectivity index (χ4v) is 2.73. The van der Waals surface area contributed by atoms with Crippen LogP contribution in [0.2, 0.25) is 0 Å². The van der Waals surface area contributed by atoms with Gasteiger partial charge >= 0.3 is 0 Å². The minimum Gasteiger partial charge on any atom is -0.496 e. The lowest BCUT2D eigenvalue weighted by Crippen LogP contribution is -2.36. The minimum absolute atomic E-state index is 0.400. The molecule has 4 heteroatoms. The minimum atomic E-state index is -0.445. The van der Waals surface area contributed by atoms with Gasteiger partial charge in [0.2, 0.25) is 0 Å². The van der Waals surface area contributed by atoms with Gasteiger partial charge in [-0.15, -0.1) is 0 Å². The Morgan fingerprint density at radius 2 is 2.00 bits per heavy atom. The topological polar surface area (TPSA) is 41.9 Å². The largest absolute Gasteiger partial charge is 0.496 e. The van der Waals surface area contributed by atoms with Crippen LogP contribution in [0.1, 0.15) is 37.0 Å². The Morgan fingerprint density at radius 3 is 2.55 bits per heavy atom. The average Bonchev–Trinajstić information content (AvgIpc) is 2.48. The molecule has 0 amide bonds. The van der Waals surface area contributed by atoms with Crippen LogP contribution in [0.5, 0.6) is 5.75 Å². The second-order valence-corrected chi connectivity index (χ2v) is 5.46. The van der Waals surface area contributed by atoms with E-state index in [-0.39, 0.29) is 0 Å². The van der Waals surface area contributed by atoms with E-state index in [0.29, 0.717) is 6.10 Å². The van der Waals surface area contributed by atoms with Gasteiger partial charge in [-0.3, -0.25) is 4.90 Å². The van der Waals surface area contributed by atoms with Gasteiger partial charge < -0.3 is 14.6 Å². The van der Waals surface area contributed by atoms with Crippen LogP contribution in [0, 0.1) is 0 Å². The summed E-state index contributed by atoms with van der Waals surface area (Å²) in [6, 6.07) is 5.91. The lowest BCUT2D eigenvalue weighted by molar-refractivity contribution is 0.0386. The summed E-state index contributed by atoms with van der Waals surface area (Å²) in [7, 11) is 3.48. The van der Waals surface area contributed by atoms with E-state index >= 15 is 0 Å². The lowest BCUT2D eigenvalue weighted by Gasteiger charge is -2.31. The molecule has 20 heavy (non-hydrogen) atoms. The van der Waals surface area contributed by atoms with E-state index in [1.807, 2.05) is 18.2 Å². The van der Waals surface area contributed by atoms with Crippen LogP contribution in [0.3, 0.4) is 0 Å². The van der Waals surface area contributed by atoms with Gasteiger partial charge in [-0.2, -0.15) is 0 Å². The van der Waals surface area contributed by atoms with E-state index < -0.39 is 6.10 Å². The smallest absolute Gasteiger partial charge is 0.123 e. The summed E-state index contributed by atoms with van der Waals surface area (Å²) in [6.45, 7) is 4.73. The molecule has 0 aromatic heterocycles. The van der Waals surface area contributed by atoms with E-state index in [1.165, 1.54) is 0 Å². The molecule has 1 heterocycles. The van der Waals surface area contributed by atoms with Crippen LogP contribution in [0.25, 0.3) is 0 Å². The maximum absolute atomic E-state index is 9.71. The van der Waals surface area contributed by atoms with Gasteiger partial charge in [0.05, 0.1) is 19.3 Å². The molecule has 1 fully saturated rings. The highest BCUT2D eigenvalue weighted by Gasteiger charge is 2.20. The predicted octanol–water partition coefficient (Wildman–Crippen LogP) is 2.36. The number of ether oxygens (including phenoxy) is 2. The molecule has 1 aromatic carbocycles. The number of nitrogens with zero attached hydrogens (tertiary/aromatic N) is 1. The molecule has 0 aliphatic carbocycles. The molecule has 112 valence electrons. The molecule has 0 bridgehead atoms. The van der Waals surface area contributed by atoms with Crippen molar-refractivity contribution < 1.29 is 14.6 Å². The van der Waals surface area contributed by atoms with Crippen molar-refractivity contribution in [1.29, 1.82) is 0 Å². The van der Waals surface area contributed by atoms with E-state index in [2.05, 4.69) is 4.90 Å². The quantitative estimate of drug-likeness (QED) is 0.898. The Hall–Kier alpha value is -1.10. The van der Waals surface area contributed by atoms with Crippen LogP contribution >= 0.6 is 0 Å². The third-order valence-corrected chi connectivity index (χ3v) is 4.05. The van der Waals surface area contributed by atoms with E-state index in [0.717, 1.165) is 49.4 Å². The van der Waals surface area contributed by atoms with Gasteiger partial charge in [-0.25, -0.2) is 0 Å². The SMILES string of the molecule is COc1ccc(C(C)O)cc1CN1CCC(OC)CC1. The number of aliphatic hydroxyl groups is 1. The molecule has 0 saturated carbocycles. The number of hydrogen-bond acceptors (Lipinski definition) is 4. The van der Waals surface area contributed by atoms with Crippen LogP contribution in [0.4, 0.5) is 0 Å². The van der Waals surface area contributed by atoms with Gasteiger partial charge in [0.1, 0.15) is 5.75 Å². The predicted molar refractivity (Wildman–Crippen MR) is 78.9 cm³/mol. The number of benzene rings is 1. The molecule has 2 rings (SSSR count). The standard InChI is InChI=1S/C16H25NO3/c1-12(18)13-4-5-16(20-3)14(10-13)11-17-8-6-15(19-2)7-9-17/h4-5,10,12,15,18H,6-9,11H2,1-3H3. The van der Waals surface area contributed by atoms with Crippen molar-refractivity contribution in [2.24, 2.45) is 0 Å². The summed E-state index contributed by atoms with van der Waals surface area (Å²) >= 11 is 0. The van der Waals surface area contributed by atoms with Gasteiger partial charge in [0.25, 0.3) is 0 Å². The Balaban J connectivity index is 2.06. The number of aliphatic hydroxyl groups excluding tert-OH is 1. The molecule has 0 spiro atoms. The van der Waals surface area contributed by atoms with Crippen molar-refractivity contribution >= 4 is 0 Å². The van der Waals surface area contributed by atoms with Gasteiger partial charge in [0.15, 0.2) is 0 Å². The fraction of sp³-hybridized carbons (Fsp3) is 0.625. The van der Waals surface area contributed by atoms with E-state index in [1.54, 1.807) is 21.1 Å². The number of likely N-dealkylation sites (tertiary alicyclic amines) is 1. The number of rotatable bonds is 5. The number of methoxy groups -OCH3 is 2.